The summed E-state index contributed by atoms with van der Waals surface area (Å²) in [7, 11) is 0. The maximum atomic E-state index is 12.0. The largest absolute Gasteiger partial charge is 0.573 e. The van der Waals surface area contributed by atoms with Crippen molar-refractivity contribution in [2.24, 2.45) is 0 Å². The number of halogens is 4. The summed E-state index contributed by atoms with van der Waals surface area (Å²) in [6.45, 7) is 3.60. The van der Waals surface area contributed by atoms with Gasteiger partial charge in [-0.25, -0.2) is 0 Å². The molecule has 90 valence electrons. The zero-order chi connectivity index (χ0) is 12.3. The van der Waals surface area contributed by atoms with E-state index < -0.39 is 6.36 Å². The Bertz CT molecular complexity index is 364. The average molecular weight is 346 g/mol. The molecule has 0 aromatic heterocycles. The van der Waals surface area contributed by atoms with Crippen LogP contribution in [0, 0.1) is 3.57 Å². The van der Waals surface area contributed by atoms with Crippen LogP contribution in [0.2, 0.25) is 0 Å². The van der Waals surface area contributed by atoms with Gasteiger partial charge in [-0.2, -0.15) is 0 Å². The van der Waals surface area contributed by atoms with Crippen molar-refractivity contribution in [1.29, 1.82) is 0 Å². The average Bonchev–Trinajstić information content (AvgIpc) is 2.09. The van der Waals surface area contributed by atoms with Crippen LogP contribution in [-0.2, 0) is 0 Å². The molecular formula is C10H10F3IO2. The predicted molar refractivity (Wildman–Crippen MR) is 61.6 cm³/mol. The maximum absolute atomic E-state index is 12.0. The predicted octanol–water partition coefficient (Wildman–Crippen LogP) is 3.98. The molecule has 1 aromatic carbocycles. The third-order valence-electron chi connectivity index (χ3n) is 1.52. The minimum atomic E-state index is -4.68. The quantitative estimate of drug-likeness (QED) is 0.771. The summed E-state index contributed by atoms with van der Waals surface area (Å²) in [5, 5.41) is 0. The van der Waals surface area contributed by atoms with Gasteiger partial charge in [0.2, 0.25) is 0 Å². The van der Waals surface area contributed by atoms with E-state index in [4.69, 9.17) is 4.74 Å². The zero-order valence-electron chi connectivity index (χ0n) is 8.64. The van der Waals surface area contributed by atoms with Crippen LogP contribution in [0.5, 0.6) is 11.5 Å². The van der Waals surface area contributed by atoms with E-state index in [2.05, 4.69) is 4.74 Å². The molecule has 16 heavy (non-hydrogen) atoms. The molecule has 0 amide bonds. The number of benzene rings is 1. The Hall–Kier alpha value is -0.660. The van der Waals surface area contributed by atoms with Crippen molar-refractivity contribution in [3.63, 3.8) is 0 Å². The van der Waals surface area contributed by atoms with E-state index in [1.807, 2.05) is 0 Å². The highest BCUT2D eigenvalue weighted by Crippen LogP contribution is 2.33. The highest BCUT2D eigenvalue weighted by atomic mass is 127. The molecule has 0 bridgehead atoms. The van der Waals surface area contributed by atoms with E-state index in [1.165, 1.54) is 12.1 Å². The molecule has 0 N–H and O–H groups in total. The fourth-order valence-corrected chi connectivity index (χ4v) is 1.64. The van der Waals surface area contributed by atoms with E-state index in [9.17, 15) is 13.2 Å². The smallest absolute Gasteiger partial charge is 0.490 e. The topological polar surface area (TPSA) is 18.5 Å². The van der Waals surface area contributed by atoms with Crippen LogP contribution >= 0.6 is 22.6 Å². The molecule has 0 heterocycles. The van der Waals surface area contributed by atoms with Gasteiger partial charge in [0.05, 0.1) is 9.67 Å². The summed E-state index contributed by atoms with van der Waals surface area (Å²) in [4.78, 5) is 0. The third kappa shape index (κ3) is 4.07. The third-order valence-corrected chi connectivity index (χ3v) is 2.58. The second-order valence-electron chi connectivity index (χ2n) is 3.28. The van der Waals surface area contributed by atoms with Crippen LogP contribution < -0.4 is 9.47 Å². The van der Waals surface area contributed by atoms with Crippen LogP contribution in [0.3, 0.4) is 0 Å². The first-order chi connectivity index (χ1) is 7.29. The number of rotatable bonds is 3. The van der Waals surface area contributed by atoms with Gasteiger partial charge in [0.15, 0.2) is 0 Å². The van der Waals surface area contributed by atoms with Gasteiger partial charge >= 0.3 is 6.36 Å². The molecule has 0 aliphatic rings. The van der Waals surface area contributed by atoms with E-state index in [-0.39, 0.29) is 11.9 Å². The Balaban J connectivity index is 2.95. The lowest BCUT2D eigenvalue weighted by Crippen LogP contribution is -2.18. The monoisotopic (exact) mass is 346 g/mol. The van der Waals surface area contributed by atoms with Crippen LogP contribution in [0.1, 0.15) is 13.8 Å². The lowest BCUT2D eigenvalue weighted by molar-refractivity contribution is -0.275. The Morgan fingerprint density at radius 2 is 1.75 bits per heavy atom. The summed E-state index contributed by atoms with van der Waals surface area (Å²) < 4.78 is 45.7. The molecule has 0 aliphatic carbocycles. The zero-order valence-corrected chi connectivity index (χ0v) is 10.8. The Morgan fingerprint density at radius 1 is 1.19 bits per heavy atom. The summed E-state index contributed by atoms with van der Waals surface area (Å²) >= 11 is 1.76. The highest BCUT2D eigenvalue weighted by Gasteiger charge is 2.32. The fourth-order valence-electron chi connectivity index (χ4n) is 1.04. The van der Waals surface area contributed by atoms with Crippen molar-refractivity contribution in [2.75, 3.05) is 0 Å². The van der Waals surface area contributed by atoms with Crippen molar-refractivity contribution < 1.29 is 22.6 Å². The van der Waals surface area contributed by atoms with Gasteiger partial charge in [-0.05, 0) is 48.6 Å². The minimum absolute atomic E-state index is 0.102. The van der Waals surface area contributed by atoms with Crippen molar-refractivity contribution in [3.05, 3.63) is 21.8 Å². The van der Waals surface area contributed by atoms with Gasteiger partial charge in [0.25, 0.3) is 0 Å². The standard InChI is InChI=1S/C10H10F3IO2/c1-6(2)15-7-4-3-5-8(9(7)14)16-10(11,12)13/h3-6H,1-2H3. The number of ether oxygens (including phenoxy) is 2. The van der Waals surface area contributed by atoms with Crippen molar-refractivity contribution in [3.8, 4) is 11.5 Å². The number of alkyl halides is 3. The highest BCUT2D eigenvalue weighted by molar-refractivity contribution is 14.1. The van der Waals surface area contributed by atoms with Gasteiger partial charge in [-0.3, -0.25) is 0 Å². The summed E-state index contributed by atoms with van der Waals surface area (Å²) in [5.41, 5.74) is 0. The minimum Gasteiger partial charge on any atom is -0.490 e. The molecule has 0 unspecified atom stereocenters. The van der Waals surface area contributed by atoms with Crippen LogP contribution in [0.4, 0.5) is 13.2 Å². The van der Waals surface area contributed by atoms with Gasteiger partial charge in [0.1, 0.15) is 11.5 Å². The molecule has 0 aliphatic heterocycles. The Morgan fingerprint density at radius 3 is 2.25 bits per heavy atom. The van der Waals surface area contributed by atoms with Crippen LogP contribution in [-0.4, -0.2) is 12.5 Å². The van der Waals surface area contributed by atoms with E-state index >= 15 is 0 Å². The Kier molecular flexibility index (Phi) is 4.28. The molecular weight excluding hydrogens is 336 g/mol. The SMILES string of the molecule is CC(C)Oc1cccc(OC(F)(F)F)c1I. The lowest BCUT2D eigenvalue weighted by atomic mass is 10.3. The number of hydrogen-bond donors (Lipinski definition) is 0. The molecule has 0 atom stereocenters. The summed E-state index contributed by atoms with van der Waals surface area (Å²) in [6.07, 6.45) is -4.79. The van der Waals surface area contributed by atoms with E-state index in [0.717, 1.165) is 0 Å². The molecule has 0 fully saturated rings. The molecule has 1 rings (SSSR count). The first-order valence-corrected chi connectivity index (χ1v) is 5.58. The first kappa shape index (κ1) is 13.4. The molecule has 0 radical (unpaired) electrons. The van der Waals surface area contributed by atoms with E-state index in [1.54, 1.807) is 42.5 Å². The van der Waals surface area contributed by atoms with Crippen molar-refractivity contribution in [1.82, 2.24) is 0 Å². The van der Waals surface area contributed by atoms with E-state index in [0.29, 0.717) is 9.32 Å². The van der Waals surface area contributed by atoms with Gasteiger partial charge in [-0.1, -0.05) is 6.07 Å². The molecule has 6 heteroatoms. The second kappa shape index (κ2) is 5.11. The summed E-state index contributed by atoms with van der Waals surface area (Å²) in [6, 6.07) is 4.31. The normalized spacial score (nSPS) is 11.7. The lowest BCUT2D eigenvalue weighted by Gasteiger charge is -2.15. The molecule has 0 saturated heterocycles. The van der Waals surface area contributed by atoms with Crippen molar-refractivity contribution in [2.45, 2.75) is 26.3 Å². The van der Waals surface area contributed by atoms with Crippen LogP contribution in [0.15, 0.2) is 18.2 Å². The summed E-state index contributed by atoms with van der Waals surface area (Å²) in [5.74, 6) is 0.142. The molecule has 0 saturated carbocycles. The van der Waals surface area contributed by atoms with Crippen LogP contribution in [0.25, 0.3) is 0 Å². The van der Waals surface area contributed by atoms with Gasteiger partial charge in [-0.15, -0.1) is 13.2 Å². The molecule has 2 nitrogen and oxygen atoms in total. The number of hydrogen-bond acceptors (Lipinski definition) is 2. The molecule has 0 spiro atoms. The van der Waals surface area contributed by atoms with Gasteiger partial charge in [0, 0.05) is 0 Å². The maximum Gasteiger partial charge on any atom is 0.573 e. The molecule has 1 aromatic rings. The fraction of sp³-hybridized carbons (Fsp3) is 0.400. The Labute approximate surface area is 105 Å². The first-order valence-electron chi connectivity index (χ1n) is 4.50. The van der Waals surface area contributed by atoms with Crippen molar-refractivity contribution >= 4 is 22.6 Å². The van der Waals surface area contributed by atoms with Gasteiger partial charge < -0.3 is 9.47 Å². The second-order valence-corrected chi connectivity index (χ2v) is 4.36.